The number of nitrogens with zero attached hydrogens (tertiary/aromatic N) is 2. The van der Waals surface area contributed by atoms with E-state index in [9.17, 15) is 4.79 Å². The molecular formula is C21H21N5O2S. The van der Waals surface area contributed by atoms with E-state index in [1.807, 2.05) is 36.4 Å². The SMILES string of the molecule is O=C(NNC(=S)NCC1CCCO1)c1cc(-c2ccncc2)nc2ccccc12. The molecule has 1 aliphatic heterocycles. The molecular weight excluding hydrogens is 386 g/mol. The van der Waals surface area contributed by atoms with Crippen LogP contribution in [0, 0.1) is 0 Å². The smallest absolute Gasteiger partial charge is 0.270 e. The van der Waals surface area contributed by atoms with Gasteiger partial charge in [0.15, 0.2) is 5.11 Å². The highest BCUT2D eigenvalue weighted by atomic mass is 32.1. The molecule has 1 fully saturated rings. The molecule has 0 spiro atoms. The van der Waals surface area contributed by atoms with Crippen molar-refractivity contribution in [2.24, 2.45) is 0 Å². The van der Waals surface area contributed by atoms with Crippen LogP contribution < -0.4 is 16.2 Å². The predicted molar refractivity (Wildman–Crippen MR) is 115 cm³/mol. The summed E-state index contributed by atoms with van der Waals surface area (Å²) in [5.74, 6) is -0.292. The molecule has 1 unspecified atom stereocenters. The minimum absolute atomic E-state index is 0.164. The fraction of sp³-hybridized carbons (Fsp3) is 0.238. The number of thiocarbonyl (C=S) groups is 1. The summed E-state index contributed by atoms with van der Waals surface area (Å²) in [5, 5.41) is 4.18. The van der Waals surface area contributed by atoms with Crippen LogP contribution in [0.3, 0.4) is 0 Å². The summed E-state index contributed by atoms with van der Waals surface area (Å²) in [5.41, 5.74) is 8.28. The summed E-state index contributed by atoms with van der Waals surface area (Å²) in [7, 11) is 0. The normalized spacial score (nSPS) is 15.8. The number of carbonyl (C=O) groups excluding carboxylic acids is 1. The third kappa shape index (κ3) is 4.67. The van der Waals surface area contributed by atoms with Crippen LogP contribution in [0.1, 0.15) is 23.2 Å². The molecule has 0 radical (unpaired) electrons. The number of fused-ring (bicyclic) bond motifs is 1. The fourth-order valence-corrected chi connectivity index (χ4v) is 3.41. The number of aromatic nitrogens is 2. The van der Waals surface area contributed by atoms with Crippen molar-refractivity contribution in [2.45, 2.75) is 18.9 Å². The Hall–Kier alpha value is -3.10. The number of hydrogen-bond acceptors (Lipinski definition) is 5. The van der Waals surface area contributed by atoms with Crippen LogP contribution in [0.5, 0.6) is 0 Å². The number of pyridine rings is 2. The lowest BCUT2D eigenvalue weighted by Gasteiger charge is -2.15. The van der Waals surface area contributed by atoms with Crippen molar-refractivity contribution in [3.63, 3.8) is 0 Å². The number of rotatable bonds is 4. The standard InChI is InChI=1S/C21H21N5O2S/c27-20(25-26-21(29)23-13-15-4-3-11-28-15)17-12-19(14-7-9-22-10-8-14)24-18-6-2-1-5-16(17)18/h1-2,5-10,12,15H,3-4,11,13H2,(H,25,27)(H2,23,26,29). The van der Waals surface area contributed by atoms with Crippen molar-refractivity contribution in [1.29, 1.82) is 0 Å². The van der Waals surface area contributed by atoms with Crippen molar-refractivity contribution in [1.82, 2.24) is 26.1 Å². The molecule has 29 heavy (non-hydrogen) atoms. The monoisotopic (exact) mass is 407 g/mol. The van der Waals surface area contributed by atoms with Gasteiger partial charge >= 0.3 is 0 Å². The predicted octanol–water partition coefficient (Wildman–Crippen LogP) is 2.58. The van der Waals surface area contributed by atoms with Crippen molar-refractivity contribution in [3.8, 4) is 11.3 Å². The van der Waals surface area contributed by atoms with Crippen molar-refractivity contribution in [3.05, 3.63) is 60.4 Å². The van der Waals surface area contributed by atoms with Crippen LogP contribution in [0.15, 0.2) is 54.9 Å². The maximum Gasteiger partial charge on any atom is 0.270 e. The topological polar surface area (TPSA) is 88.2 Å². The van der Waals surface area contributed by atoms with Gasteiger partial charge in [0.2, 0.25) is 0 Å². The van der Waals surface area contributed by atoms with E-state index in [0.29, 0.717) is 22.9 Å². The first-order valence-corrected chi connectivity index (χ1v) is 9.87. The lowest BCUT2D eigenvalue weighted by atomic mass is 10.0. The Kier molecular flexibility index (Phi) is 5.92. The Balaban J connectivity index is 1.49. The zero-order valence-corrected chi connectivity index (χ0v) is 16.5. The first-order valence-electron chi connectivity index (χ1n) is 9.47. The van der Waals surface area contributed by atoms with Gasteiger partial charge in [0.05, 0.1) is 22.9 Å². The molecule has 3 heterocycles. The van der Waals surface area contributed by atoms with E-state index in [4.69, 9.17) is 17.0 Å². The molecule has 8 heteroatoms. The second-order valence-corrected chi connectivity index (χ2v) is 7.14. The maximum absolute atomic E-state index is 12.9. The van der Waals surface area contributed by atoms with Crippen LogP contribution in [0.25, 0.3) is 22.2 Å². The molecule has 0 saturated carbocycles. The van der Waals surface area contributed by atoms with Gasteiger partial charge in [-0.05, 0) is 49.3 Å². The first-order chi connectivity index (χ1) is 14.2. The highest BCUT2D eigenvalue weighted by Crippen LogP contribution is 2.24. The van der Waals surface area contributed by atoms with Crippen LogP contribution in [0.2, 0.25) is 0 Å². The average molecular weight is 407 g/mol. The number of carbonyl (C=O) groups is 1. The number of hydrogen-bond donors (Lipinski definition) is 3. The van der Waals surface area contributed by atoms with Gasteiger partial charge in [-0.3, -0.25) is 20.6 Å². The Morgan fingerprint density at radius 1 is 1.17 bits per heavy atom. The van der Waals surface area contributed by atoms with Crippen molar-refractivity contribution >= 4 is 34.1 Å². The molecule has 1 aliphatic rings. The highest BCUT2D eigenvalue weighted by molar-refractivity contribution is 7.80. The Bertz CT molecular complexity index is 1020. The average Bonchev–Trinajstić information content (AvgIpc) is 3.29. The van der Waals surface area contributed by atoms with Crippen molar-refractivity contribution < 1.29 is 9.53 Å². The van der Waals surface area contributed by atoms with Crippen molar-refractivity contribution in [2.75, 3.05) is 13.2 Å². The molecule has 0 bridgehead atoms. The zero-order valence-electron chi connectivity index (χ0n) is 15.7. The second-order valence-electron chi connectivity index (χ2n) is 6.73. The van der Waals surface area contributed by atoms with E-state index < -0.39 is 0 Å². The first kappa shape index (κ1) is 19.2. The minimum atomic E-state index is -0.292. The number of nitrogens with one attached hydrogen (secondary N) is 3. The molecule has 7 nitrogen and oxygen atoms in total. The molecule has 1 saturated heterocycles. The number of benzene rings is 1. The molecule has 2 aromatic heterocycles. The summed E-state index contributed by atoms with van der Waals surface area (Å²) in [6.07, 6.45) is 5.65. The van der Waals surface area contributed by atoms with Crippen LogP contribution in [-0.2, 0) is 4.74 Å². The van der Waals surface area contributed by atoms with Gasteiger partial charge in [0.25, 0.3) is 5.91 Å². The van der Waals surface area contributed by atoms with E-state index in [1.165, 1.54) is 0 Å². The van der Waals surface area contributed by atoms with E-state index in [2.05, 4.69) is 26.1 Å². The van der Waals surface area contributed by atoms with Gasteiger partial charge in [-0.2, -0.15) is 0 Å². The lowest BCUT2D eigenvalue weighted by Crippen LogP contribution is -2.48. The molecule has 4 rings (SSSR count). The molecule has 1 amide bonds. The van der Waals surface area contributed by atoms with Crippen LogP contribution >= 0.6 is 12.2 Å². The Morgan fingerprint density at radius 2 is 2.00 bits per heavy atom. The summed E-state index contributed by atoms with van der Waals surface area (Å²) < 4.78 is 5.55. The molecule has 3 aromatic rings. The van der Waals surface area contributed by atoms with E-state index in [-0.39, 0.29) is 12.0 Å². The van der Waals surface area contributed by atoms with Gasteiger partial charge in [-0.15, -0.1) is 0 Å². The molecule has 0 aliphatic carbocycles. The van der Waals surface area contributed by atoms with E-state index in [0.717, 1.165) is 35.9 Å². The molecule has 1 atom stereocenters. The summed E-state index contributed by atoms with van der Waals surface area (Å²) >= 11 is 5.24. The third-order valence-electron chi connectivity index (χ3n) is 4.74. The van der Waals surface area contributed by atoms with E-state index >= 15 is 0 Å². The van der Waals surface area contributed by atoms with Crippen LogP contribution in [0.4, 0.5) is 0 Å². The highest BCUT2D eigenvalue weighted by Gasteiger charge is 2.16. The number of ether oxygens (including phenoxy) is 1. The van der Waals surface area contributed by atoms with Crippen LogP contribution in [-0.4, -0.2) is 40.2 Å². The number of amides is 1. The van der Waals surface area contributed by atoms with Gasteiger partial charge in [-0.25, -0.2) is 4.98 Å². The van der Waals surface area contributed by atoms with Gasteiger partial charge in [0.1, 0.15) is 0 Å². The minimum Gasteiger partial charge on any atom is -0.376 e. The summed E-state index contributed by atoms with van der Waals surface area (Å²) in [6.45, 7) is 1.41. The Morgan fingerprint density at radius 3 is 2.79 bits per heavy atom. The second kappa shape index (κ2) is 8.93. The summed E-state index contributed by atoms with van der Waals surface area (Å²) in [4.78, 5) is 21.6. The maximum atomic E-state index is 12.9. The molecule has 3 N–H and O–H groups in total. The molecule has 148 valence electrons. The van der Waals surface area contributed by atoms with E-state index in [1.54, 1.807) is 18.5 Å². The Labute approximate surface area is 173 Å². The van der Waals surface area contributed by atoms with Gasteiger partial charge < -0.3 is 10.1 Å². The number of para-hydroxylation sites is 1. The third-order valence-corrected chi connectivity index (χ3v) is 4.99. The van der Waals surface area contributed by atoms with Gasteiger partial charge in [-0.1, -0.05) is 18.2 Å². The largest absolute Gasteiger partial charge is 0.376 e. The number of hydrazine groups is 1. The summed E-state index contributed by atoms with van der Waals surface area (Å²) in [6, 6.07) is 13.0. The molecule has 1 aromatic carbocycles. The zero-order chi connectivity index (χ0) is 20.1. The van der Waals surface area contributed by atoms with Gasteiger partial charge in [0, 0.05) is 36.5 Å². The lowest BCUT2D eigenvalue weighted by molar-refractivity contribution is 0.0944. The fourth-order valence-electron chi connectivity index (χ4n) is 3.27. The quantitative estimate of drug-likeness (QED) is 0.453.